The summed E-state index contributed by atoms with van der Waals surface area (Å²) in [4.78, 5) is 10.8. The summed E-state index contributed by atoms with van der Waals surface area (Å²) in [6.07, 6.45) is 1.90. The molecule has 16 heavy (non-hydrogen) atoms. The summed E-state index contributed by atoms with van der Waals surface area (Å²) in [6.45, 7) is 0.294. The van der Waals surface area contributed by atoms with Crippen LogP contribution in [0.3, 0.4) is 0 Å². The number of hydrogen-bond acceptors (Lipinski definition) is 5. The zero-order valence-corrected chi connectivity index (χ0v) is 10.1. The molecule has 1 aliphatic carbocycles. The van der Waals surface area contributed by atoms with Crippen molar-refractivity contribution in [2.45, 2.75) is 25.3 Å². The third-order valence-electron chi connectivity index (χ3n) is 2.58. The topological polar surface area (TPSA) is 98.5 Å². The largest absolute Gasteiger partial charge is 0.469 e. The lowest BCUT2D eigenvalue weighted by Crippen LogP contribution is -2.42. The molecule has 1 rings (SSSR count). The predicted molar refractivity (Wildman–Crippen MR) is 59.1 cm³/mol. The Morgan fingerprint density at radius 3 is 2.62 bits per heavy atom. The molecule has 1 saturated carbocycles. The summed E-state index contributed by atoms with van der Waals surface area (Å²) >= 11 is 0. The molecular formula is C9H18N2O4S. The molecule has 0 heterocycles. The minimum atomic E-state index is -3.43. The molecule has 0 amide bonds. The third kappa shape index (κ3) is 4.46. The maximum atomic E-state index is 11.6. The second kappa shape index (κ2) is 5.60. The van der Waals surface area contributed by atoms with Crippen molar-refractivity contribution in [3.8, 4) is 0 Å². The average Bonchev–Trinajstić information content (AvgIpc) is 3.06. The van der Waals surface area contributed by atoms with E-state index in [2.05, 4.69) is 9.46 Å². The van der Waals surface area contributed by atoms with Crippen molar-refractivity contribution in [1.29, 1.82) is 0 Å². The number of carbonyl (C=O) groups excluding carboxylic acids is 1. The molecule has 0 aromatic heterocycles. The van der Waals surface area contributed by atoms with Gasteiger partial charge in [-0.3, -0.25) is 4.79 Å². The first-order chi connectivity index (χ1) is 7.48. The van der Waals surface area contributed by atoms with Crippen molar-refractivity contribution in [2.24, 2.45) is 11.7 Å². The van der Waals surface area contributed by atoms with E-state index >= 15 is 0 Å². The second-order valence-corrected chi connectivity index (χ2v) is 5.82. The fourth-order valence-electron chi connectivity index (χ4n) is 1.44. The van der Waals surface area contributed by atoms with Gasteiger partial charge in [-0.1, -0.05) is 0 Å². The minimum Gasteiger partial charge on any atom is -0.469 e. The van der Waals surface area contributed by atoms with Gasteiger partial charge in [-0.05, 0) is 18.8 Å². The summed E-state index contributed by atoms with van der Waals surface area (Å²) < 4.78 is 30.1. The number of carbonyl (C=O) groups is 1. The van der Waals surface area contributed by atoms with Crippen molar-refractivity contribution in [2.75, 3.05) is 19.4 Å². The average molecular weight is 250 g/mol. The first-order valence-electron chi connectivity index (χ1n) is 5.25. The summed E-state index contributed by atoms with van der Waals surface area (Å²) in [5, 5.41) is 0. The van der Waals surface area contributed by atoms with E-state index in [1.54, 1.807) is 0 Å². The second-order valence-electron chi connectivity index (χ2n) is 3.94. The highest BCUT2D eigenvalue weighted by molar-refractivity contribution is 7.89. The molecule has 0 saturated heterocycles. The number of methoxy groups -OCH3 is 1. The molecule has 1 fully saturated rings. The Balaban J connectivity index is 2.40. The normalized spacial score (nSPS) is 18.1. The van der Waals surface area contributed by atoms with E-state index in [-0.39, 0.29) is 18.2 Å². The van der Waals surface area contributed by atoms with Gasteiger partial charge in [0.2, 0.25) is 10.0 Å². The lowest BCUT2D eigenvalue weighted by atomic mass is 10.2. The van der Waals surface area contributed by atoms with Crippen LogP contribution in [0.25, 0.3) is 0 Å². The molecule has 0 bridgehead atoms. The van der Waals surface area contributed by atoms with E-state index in [0.29, 0.717) is 12.5 Å². The van der Waals surface area contributed by atoms with E-state index in [1.807, 2.05) is 0 Å². The van der Waals surface area contributed by atoms with Crippen LogP contribution in [0.1, 0.15) is 19.3 Å². The van der Waals surface area contributed by atoms with E-state index in [1.165, 1.54) is 7.11 Å². The highest BCUT2D eigenvalue weighted by atomic mass is 32.2. The van der Waals surface area contributed by atoms with Gasteiger partial charge in [-0.25, -0.2) is 13.1 Å². The van der Waals surface area contributed by atoms with Crippen molar-refractivity contribution < 1.29 is 17.9 Å². The molecule has 0 aliphatic heterocycles. The Labute approximate surface area is 95.6 Å². The van der Waals surface area contributed by atoms with Gasteiger partial charge in [0.25, 0.3) is 0 Å². The van der Waals surface area contributed by atoms with E-state index in [9.17, 15) is 13.2 Å². The van der Waals surface area contributed by atoms with Crippen LogP contribution in [0, 0.1) is 5.92 Å². The summed E-state index contributed by atoms with van der Waals surface area (Å²) in [5.41, 5.74) is 5.48. The molecule has 1 aliphatic rings. The predicted octanol–water partition coefficient (Wildman–Crippen LogP) is -0.794. The van der Waals surface area contributed by atoms with Crippen LogP contribution < -0.4 is 10.5 Å². The zero-order chi connectivity index (χ0) is 12.2. The van der Waals surface area contributed by atoms with Gasteiger partial charge in [-0.15, -0.1) is 0 Å². The Kier molecular flexibility index (Phi) is 4.69. The van der Waals surface area contributed by atoms with Crippen LogP contribution in [-0.2, 0) is 19.6 Å². The molecule has 3 N–H and O–H groups in total. The van der Waals surface area contributed by atoms with Crippen LogP contribution in [0.4, 0.5) is 0 Å². The van der Waals surface area contributed by atoms with Crippen molar-refractivity contribution >= 4 is 16.0 Å². The van der Waals surface area contributed by atoms with Gasteiger partial charge in [0.15, 0.2) is 0 Å². The highest BCUT2D eigenvalue weighted by Gasteiger charge is 2.32. The molecule has 1 atom stereocenters. The Hall–Kier alpha value is -0.660. The van der Waals surface area contributed by atoms with E-state index < -0.39 is 16.0 Å². The Morgan fingerprint density at radius 2 is 2.19 bits per heavy atom. The van der Waals surface area contributed by atoms with Gasteiger partial charge in [0.05, 0.1) is 19.3 Å². The first-order valence-corrected chi connectivity index (χ1v) is 6.90. The number of nitrogens with one attached hydrogen (secondary N) is 1. The van der Waals surface area contributed by atoms with Crippen LogP contribution >= 0.6 is 0 Å². The van der Waals surface area contributed by atoms with Gasteiger partial charge in [0.1, 0.15) is 0 Å². The fraction of sp³-hybridized carbons (Fsp3) is 0.889. The van der Waals surface area contributed by atoms with Gasteiger partial charge in [0, 0.05) is 12.6 Å². The molecule has 0 spiro atoms. The zero-order valence-electron chi connectivity index (χ0n) is 9.31. The molecule has 7 heteroatoms. The molecule has 94 valence electrons. The Morgan fingerprint density at radius 1 is 1.56 bits per heavy atom. The number of ether oxygens (including phenoxy) is 1. The number of rotatable bonds is 7. The van der Waals surface area contributed by atoms with Crippen LogP contribution in [0.5, 0.6) is 0 Å². The first kappa shape index (κ1) is 13.4. The fourth-order valence-corrected chi connectivity index (χ4v) is 2.75. The van der Waals surface area contributed by atoms with Crippen molar-refractivity contribution in [1.82, 2.24) is 4.72 Å². The maximum Gasteiger partial charge on any atom is 0.306 e. The van der Waals surface area contributed by atoms with Gasteiger partial charge >= 0.3 is 5.97 Å². The quantitative estimate of drug-likeness (QED) is 0.577. The van der Waals surface area contributed by atoms with Crippen LogP contribution in [0.15, 0.2) is 0 Å². The molecular weight excluding hydrogens is 232 g/mol. The highest BCUT2D eigenvalue weighted by Crippen LogP contribution is 2.32. The number of hydrogen-bond donors (Lipinski definition) is 2. The Bertz CT molecular complexity index is 337. The van der Waals surface area contributed by atoms with E-state index in [0.717, 1.165) is 12.8 Å². The monoisotopic (exact) mass is 250 g/mol. The van der Waals surface area contributed by atoms with Crippen LogP contribution in [-0.4, -0.2) is 39.8 Å². The molecule has 0 radical (unpaired) electrons. The van der Waals surface area contributed by atoms with Gasteiger partial charge in [-0.2, -0.15) is 0 Å². The lowest BCUT2D eigenvalue weighted by molar-refractivity contribution is -0.140. The summed E-state index contributed by atoms with van der Waals surface area (Å²) in [5.74, 6) is -0.415. The number of nitrogens with two attached hydrogens (primary N) is 1. The molecule has 1 unspecified atom stereocenters. The number of sulfonamides is 1. The van der Waals surface area contributed by atoms with Crippen molar-refractivity contribution in [3.63, 3.8) is 0 Å². The summed E-state index contributed by atoms with van der Waals surface area (Å²) in [7, 11) is -2.20. The summed E-state index contributed by atoms with van der Waals surface area (Å²) in [6, 6.07) is -0.192. The lowest BCUT2D eigenvalue weighted by Gasteiger charge is -2.15. The molecule has 0 aromatic carbocycles. The van der Waals surface area contributed by atoms with Gasteiger partial charge < -0.3 is 10.5 Å². The third-order valence-corrected chi connectivity index (χ3v) is 3.98. The standard InChI is InChI=1S/C9H18N2O4S/c1-15-9(12)4-5-16(13,14)11-8(6-10)7-2-3-7/h7-8,11H,2-6,10H2,1H3. The smallest absolute Gasteiger partial charge is 0.306 e. The van der Waals surface area contributed by atoms with E-state index in [4.69, 9.17) is 5.73 Å². The number of esters is 1. The SMILES string of the molecule is COC(=O)CCS(=O)(=O)NC(CN)C1CC1. The maximum absolute atomic E-state index is 11.6. The molecule has 6 nitrogen and oxygen atoms in total. The molecule has 0 aromatic rings. The minimum absolute atomic E-state index is 0.131. The van der Waals surface area contributed by atoms with Crippen LogP contribution in [0.2, 0.25) is 0 Å². The van der Waals surface area contributed by atoms with Crippen molar-refractivity contribution in [3.05, 3.63) is 0 Å².